The lowest BCUT2D eigenvalue weighted by Gasteiger charge is -2.24. The number of allylic oxidation sites excluding steroid dienone is 2. The fourth-order valence-electron chi connectivity index (χ4n) is 2.75. The standard InChI is InChI=1S/C15H15NO4S/c17-15-13-5-2-1-4-11(13)12-6-8-16(10-14(12)15)7-3-9-21(18,19)20/h1-2,4-6,8H,3,7,9-10H2,(H,18,19,20). The van der Waals surface area contributed by atoms with Gasteiger partial charge < -0.3 is 4.90 Å². The smallest absolute Gasteiger partial charge is 0.264 e. The van der Waals surface area contributed by atoms with Crippen molar-refractivity contribution in [3.05, 3.63) is 53.2 Å². The van der Waals surface area contributed by atoms with E-state index >= 15 is 0 Å². The van der Waals surface area contributed by atoms with E-state index in [2.05, 4.69) is 0 Å². The number of ketones is 1. The summed E-state index contributed by atoms with van der Waals surface area (Å²) in [4.78, 5) is 14.3. The van der Waals surface area contributed by atoms with Crippen LogP contribution in [0.25, 0.3) is 5.57 Å². The molecule has 5 nitrogen and oxygen atoms in total. The average Bonchev–Trinajstić information content (AvgIpc) is 2.72. The van der Waals surface area contributed by atoms with Gasteiger partial charge in [0.05, 0.1) is 5.75 Å². The molecular formula is C15H15NO4S. The van der Waals surface area contributed by atoms with Crippen molar-refractivity contribution >= 4 is 21.5 Å². The molecule has 1 heterocycles. The van der Waals surface area contributed by atoms with Gasteiger partial charge in [0.2, 0.25) is 0 Å². The maximum atomic E-state index is 12.4. The van der Waals surface area contributed by atoms with E-state index in [9.17, 15) is 13.2 Å². The summed E-state index contributed by atoms with van der Waals surface area (Å²) in [6.07, 6.45) is 4.10. The Labute approximate surface area is 123 Å². The summed E-state index contributed by atoms with van der Waals surface area (Å²) in [7, 11) is -3.93. The van der Waals surface area contributed by atoms with Crippen LogP contribution in [0, 0.1) is 0 Å². The zero-order valence-corrected chi connectivity index (χ0v) is 12.1. The number of rotatable bonds is 4. The first-order chi connectivity index (χ1) is 9.96. The second-order valence-corrected chi connectivity index (χ2v) is 6.76. The van der Waals surface area contributed by atoms with Crippen molar-refractivity contribution in [2.24, 2.45) is 0 Å². The van der Waals surface area contributed by atoms with Crippen LogP contribution in [0.2, 0.25) is 0 Å². The van der Waals surface area contributed by atoms with Crippen LogP contribution in [-0.2, 0) is 10.1 Å². The van der Waals surface area contributed by atoms with Crippen LogP contribution in [0.4, 0.5) is 0 Å². The third-order valence-electron chi connectivity index (χ3n) is 3.72. The fourth-order valence-corrected chi connectivity index (χ4v) is 3.24. The lowest BCUT2D eigenvalue weighted by atomic mass is 10.0. The molecule has 0 radical (unpaired) electrons. The number of hydrogen-bond acceptors (Lipinski definition) is 4. The zero-order valence-electron chi connectivity index (χ0n) is 11.3. The topological polar surface area (TPSA) is 74.7 Å². The molecule has 1 aromatic carbocycles. The molecule has 0 aromatic heterocycles. The Morgan fingerprint density at radius 2 is 1.90 bits per heavy atom. The quantitative estimate of drug-likeness (QED) is 0.858. The minimum atomic E-state index is -3.93. The Morgan fingerprint density at radius 1 is 1.19 bits per heavy atom. The molecule has 0 saturated heterocycles. The summed E-state index contributed by atoms with van der Waals surface area (Å²) in [6, 6.07) is 7.53. The number of carbonyl (C=O) groups excluding carboxylic acids is 1. The first-order valence-electron chi connectivity index (χ1n) is 6.70. The molecule has 0 atom stereocenters. The van der Waals surface area contributed by atoms with E-state index in [-0.39, 0.29) is 11.5 Å². The number of carbonyl (C=O) groups is 1. The predicted octanol–water partition coefficient (Wildman–Crippen LogP) is 1.74. The summed E-state index contributed by atoms with van der Waals surface area (Å²) in [5.74, 6) is -0.220. The predicted molar refractivity (Wildman–Crippen MR) is 79.4 cm³/mol. The maximum Gasteiger partial charge on any atom is 0.264 e. The van der Waals surface area contributed by atoms with E-state index in [1.807, 2.05) is 41.4 Å². The van der Waals surface area contributed by atoms with Crippen LogP contribution >= 0.6 is 0 Å². The number of hydrogen-bond donors (Lipinski definition) is 1. The third-order valence-corrected chi connectivity index (χ3v) is 4.53. The second-order valence-electron chi connectivity index (χ2n) is 5.19. The Kier molecular flexibility index (Phi) is 3.43. The number of benzene rings is 1. The van der Waals surface area contributed by atoms with Gasteiger partial charge in [-0.05, 0) is 29.8 Å². The minimum absolute atomic E-state index is 0.0460. The molecule has 0 saturated carbocycles. The summed E-state index contributed by atoms with van der Waals surface area (Å²) in [5, 5.41) is 0. The Morgan fingerprint density at radius 3 is 2.62 bits per heavy atom. The monoisotopic (exact) mass is 305 g/mol. The van der Waals surface area contributed by atoms with Gasteiger partial charge in [0.1, 0.15) is 0 Å². The molecule has 1 aliphatic carbocycles. The van der Waals surface area contributed by atoms with E-state index < -0.39 is 10.1 Å². The van der Waals surface area contributed by atoms with Crippen LogP contribution in [0.3, 0.4) is 0 Å². The lowest BCUT2D eigenvalue weighted by molar-refractivity contribution is 0.103. The van der Waals surface area contributed by atoms with Gasteiger partial charge in [-0.15, -0.1) is 0 Å². The van der Waals surface area contributed by atoms with Crippen molar-refractivity contribution in [2.45, 2.75) is 6.42 Å². The lowest BCUT2D eigenvalue weighted by Crippen LogP contribution is -2.26. The average molecular weight is 305 g/mol. The van der Waals surface area contributed by atoms with E-state index in [1.54, 1.807) is 0 Å². The van der Waals surface area contributed by atoms with Crippen molar-refractivity contribution < 1.29 is 17.8 Å². The molecule has 6 heteroatoms. The van der Waals surface area contributed by atoms with Gasteiger partial charge in [0.25, 0.3) is 10.1 Å². The molecule has 0 fully saturated rings. The van der Waals surface area contributed by atoms with Gasteiger partial charge in [-0.3, -0.25) is 9.35 Å². The van der Waals surface area contributed by atoms with Gasteiger partial charge in [-0.1, -0.05) is 24.3 Å². The summed E-state index contributed by atoms with van der Waals surface area (Å²) < 4.78 is 30.2. The highest BCUT2D eigenvalue weighted by Crippen LogP contribution is 2.36. The van der Waals surface area contributed by atoms with Gasteiger partial charge in [0.15, 0.2) is 5.78 Å². The van der Waals surface area contributed by atoms with Crippen LogP contribution in [0.5, 0.6) is 0 Å². The van der Waals surface area contributed by atoms with Crippen molar-refractivity contribution in [3.63, 3.8) is 0 Å². The zero-order chi connectivity index (χ0) is 15.0. The van der Waals surface area contributed by atoms with E-state index in [0.29, 0.717) is 19.5 Å². The molecule has 0 amide bonds. The molecule has 3 rings (SSSR count). The van der Waals surface area contributed by atoms with E-state index in [0.717, 1.165) is 22.3 Å². The van der Waals surface area contributed by atoms with Crippen molar-refractivity contribution in [1.82, 2.24) is 4.90 Å². The van der Waals surface area contributed by atoms with Crippen LogP contribution < -0.4 is 0 Å². The number of nitrogens with zero attached hydrogens (tertiary/aromatic N) is 1. The molecule has 1 N–H and O–H groups in total. The molecular weight excluding hydrogens is 290 g/mol. The third kappa shape index (κ3) is 2.77. The van der Waals surface area contributed by atoms with E-state index in [1.165, 1.54) is 0 Å². The van der Waals surface area contributed by atoms with Gasteiger partial charge in [-0.2, -0.15) is 8.42 Å². The molecule has 0 bridgehead atoms. The Balaban J connectivity index is 1.72. The minimum Gasteiger partial charge on any atom is -0.373 e. The summed E-state index contributed by atoms with van der Waals surface area (Å²) in [5.41, 5.74) is 3.41. The van der Waals surface area contributed by atoms with Gasteiger partial charge >= 0.3 is 0 Å². The number of fused-ring (bicyclic) bond motifs is 2. The molecule has 1 aromatic rings. The summed E-state index contributed by atoms with van der Waals surface area (Å²) in [6.45, 7) is 0.960. The van der Waals surface area contributed by atoms with Crippen LogP contribution in [0.1, 0.15) is 22.3 Å². The van der Waals surface area contributed by atoms with Crippen molar-refractivity contribution in [1.29, 1.82) is 0 Å². The molecule has 0 unspecified atom stereocenters. The maximum absolute atomic E-state index is 12.4. The second kappa shape index (κ2) is 5.13. The number of Topliss-reactive ketones (excluding diaryl/α,β-unsaturated/α-hetero) is 1. The van der Waals surface area contributed by atoms with Crippen LogP contribution in [-0.4, -0.2) is 42.5 Å². The Hall–Kier alpha value is -1.92. The van der Waals surface area contributed by atoms with Crippen molar-refractivity contribution in [2.75, 3.05) is 18.8 Å². The van der Waals surface area contributed by atoms with Gasteiger partial charge in [-0.25, -0.2) is 0 Å². The molecule has 21 heavy (non-hydrogen) atoms. The molecule has 110 valence electrons. The largest absolute Gasteiger partial charge is 0.373 e. The first kappa shape index (κ1) is 14.0. The van der Waals surface area contributed by atoms with Crippen molar-refractivity contribution in [3.8, 4) is 0 Å². The first-order valence-corrected chi connectivity index (χ1v) is 8.31. The fraction of sp³-hybridized carbons (Fsp3) is 0.267. The highest BCUT2D eigenvalue weighted by molar-refractivity contribution is 7.85. The highest BCUT2D eigenvalue weighted by Gasteiger charge is 2.30. The molecule has 1 aliphatic heterocycles. The molecule has 0 spiro atoms. The van der Waals surface area contributed by atoms with Gasteiger partial charge in [0, 0.05) is 24.2 Å². The Bertz CT molecular complexity index is 762. The SMILES string of the molecule is O=C1C2=C(C=CN(CCCS(=O)(=O)O)C2)c2ccccc21. The summed E-state index contributed by atoms with van der Waals surface area (Å²) >= 11 is 0. The normalized spacial score (nSPS) is 17.2. The van der Waals surface area contributed by atoms with Crippen LogP contribution in [0.15, 0.2) is 42.1 Å². The highest BCUT2D eigenvalue weighted by atomic mass is 32.2. The van der Waals surface area contributed by atoms with E-state index in [4.69, 9.17) is 4.55 Å². The molecule has 2 aliphatic rings.